The number of esters is 1. The van der Waals surface area contributed by atoms with Crippen LogP contribution in [0.1, 0.15) is 32.6 Å². The van der Waals surface area contributed by atoms with Crippen LogP contribution in [0.4, 0.5) is 0 Å². The molecule has 1 N–H and O–H groups in total. The summed E-state index contributed by atoms with van der Waals surface area (Å²) in [4.78, 5) is 22.0. The highest BCUT2D eigenvalue weighted by molar-refractivity contribution is 5.69. The smallest absolute Gasteiger partial charge is 0.309 e. The lowest BCUT2D eigenvalue weighted by atomic mass is 10.0. The van der Waals surface area contributed by atoms with Gasteiger partial charge in [0.1, 0.15) is 6.92 Å². The van der Waals surface area contributed by atoms with E-state index in [1.54, 1.807) is 6.92 Å². The molecular weight excluding hydrogens is 240 g/mol. The number of rotatable bonds is 7. The van der Waals surface area contributed by atoms with E-state index in [0.29, 0.717) is 19.6 Å². The second kappa shape index (κ2) is 6.61. The van der Waals surface area contributed by atoms with Crippen LogP contribution in [-0.2, 0) is 23.8 Å². The van der Waals surface area contributed by atoms with Crippen molar-refractivity contribution in [2.75, 3.05) is 13.2 Å². The van der Waals surface area contributed by atoms with Crippen LogP contribution in [0.25, 0.3) is 0 Å². The Bertz CT molecular complexity index is 293. The molecule has 6 heteroatoms. The predicted molar refractivity (Wildman–Crippen MR) is 61.6 cm³/mol. The minimum atomic E-state index is -0.957. The van der Waals surface area contributed by atoms with Gasteiger partial charge in [-0.15, -0.1) is 0 Å². The molecule has 1 rings (SSSR count). The normalized spacial score (nSPS) is 19.4. The molecule has 0 saturated carbocycles. The van der Waals surface area contributed by atoms with Crippen molar-refractivity contribution in [3.8, 4) is 0 Å². The Kier molecular flexibility index (Phi) is 5.43. The monoisotopic (exact) mass is 259 g/mol. The van der Waals surface area contributed by atoms with Crippen LogP contribution in [0.15, 0.2) is 0 Å². The Morgan fingerprint density at radius 1 is 1.33 bits per heavy atom. The Hall–Kier alpha value is -1.27. The summed E-state index contributed by atoms with van der Waals surface area (Å²) < 4.78 is 15.8. The molecule has 0 aromatic rings. The van der Waals surface area contributed by atoms with E-state index in [0.717, 1.165) is 0 Å². The van der Waals surface area contributed by atoms with E-state index < -0.39 is 17.9 Å². The van der Waals surface area contributed by atoms with Crippen molar-refractivity contribution < 1.29 is 28.9 Å². The molecule has 0 bridgehead atoms. The fourth-order valence-electron chi connectivity index (χ4n) is 1.78. The average Bonchev–Trinajstić information content (AvgIpc) is 2.72. The maximum atomic E-state index is 11.4. The highest BCUT2D eigenvalue weighted by atomic mass is 16.7. The largest absolute Gasteiger partial charge is 0.481 e. The van der Waals surface area contributed by atoms with Gasteiger partial charge in [0, 0.05) is 19.8 Å². The van der Waals surface area contributed by atoms with Gasteiger partial charge in [-0.25, -0.2) is 0 Å². The van der Waals surface area contributed by atoms with E-state index in [4.69, 9.17) is 19.3 Å². The molecule has 18 heavy (non-hydrogen) atoms. The minimum Gasteiger partial charge on any atom is -0.481 e. The van der Waals surface area contributed by atoms with Crippen molar-refractivity contribution in [1.82, 2.24) is 0 Å². The van der Waals surface area contributed by atoms with E-state index in [1.165, 1.54) is 0 Å². The van der Waals surface area contributed by atoms with Crippen LogP contribution >= 0.6 is 0 Å². The standard InChI is InChI=1S/C12H18O6/c1-9(2)18-11(15)4-6-12(5-3-10(13)14)16-7-8-17-12/h9H,1,3-8H2,2H3/p+1. The summed E-state index contributed by atoms with van der Waals surface area (Å²) in [7, 11) is 0. The Labute approximate surface area is 106 Å². The van der Waals surface area contributed by atoms with Crippen LogP contribution in [0.5, 0.6) is 0 Å². The van der Waals surface area contributed by atoms with Gasteiger partial charge in [0.05, 0.1) is 26.1 Å². The second-order valence-corrected chi connectivity index (χ2v) is 4.30. The molecule has 6 nitrogen and oxygen atoms in total. The zero-order valence-corrected chi connectivity index (χ0v) is 10.5. The predicted octanol–water partition coefficient (Wildman–Crippen LogP) is 1.14. The van der Waals surface area contributed by atoms with E-state index in [1.807, 2.05) is 0 Å². The lowest BCUT2D eigenvalue weighted by Gasteiger charge is -2.26. The molecule has 1 fully saturated rings. The zero-order chi connectivity index (χ0) is 13.6. The molecule has 1 aliphatic heterocycles. The quantitative estimate of drug-likeness (QED) is 0.545. The fourth-order valence-corrected chi connectivity index (χ4v) is 1.78. The number of aliphatic carboxylic acids is 1. The number of carbonyl (C=O) groups is 2. The first kappa shape index (κ1) is 14.8. The van der Waals surface area contributed by atoms with Gasteiger partial charge in [0.2, 0.25) is 6.10 Å². The summed E-state index contributed by atoms with van der Waals surface area (Å²) >= 11 is 0. The number of carboxylic acid groups (broad SMARTS) is 1. The molecule has 1 atom stereocenters. The Balaban J connectivity index is 2.42. The summed E-state index contributed by atoms with van der Waals surface area (Å²) in [5, 5.41) is 8.67. The molecule has 0 aromatic carbocycles. The van der Waals surface area contributed by atoms with Gasteiger partial charge in [-0.1, -0.05) is 0 Å². The maximum absolute atomic E-state index is 11.4. The molecule has 1 saturated heterocycles. The average molecular weight is 259 g/mol. The topological polar surface area (TPSA) is 82.1 Å². The van der Waals surface area contributed by atoms with Gasteiger partial charge in [-0.2, -0.15) is 0 Å². The lowest BCUT2D eigenvalue weighted by Crippen LogP contribution is -2.32. The van der Waals surface area contributed by atoms with Crippen LogP contribution in [0.2, 0.25) is 0 Å². The molecule has 1 heterocycles. The van der Waals surface area contributed by atoms with Crippen molar-refractivity contribution in [3.05, 3.63) is 6.92 Å². The third kappa shape index (κ3) is 4.93. The molecular formula is C12H19O6+. The number of ether oxygens (including phenoxy) is 3. The highest BCUT2D eigenvalue weighted by Crippen LogP contribution is 2.30. The summed E-state index contributed by atoms with van der Waals surface area (Å²) in [6.45, 7) is 6.05. The number of carboxylic acids is 1. The lowest BCUT2D eigenvalue weighted by molar-refractivity contribution is -0.178. The second-order valence-electron chi connectivity index (χ2n) is 4.30. The van der Waals surface area contributed by atoms with Crippen molar-refractivity contribution in [3.63, 3.8) is 0 Å². The van der Waals surface area contributed by atoms with Gasteiger partial charge >= 0.3 is 11.9 Å². The van der Waals surface area contributed by atoms with Crippen LogP contribution in [0, 0.1) is 6.92 Å². The van der Waals surface area contributed by atoms with Crippen molar-refractivity contribution in [2.24, 2.45) is 0 Å². The van der Waals surface area contributed by atoms with Crippen LogP contribution < -0.4 is 0 Å². The molecule has 0 amide bonds. The molecule has 0 aromatic heterocycles. The van der Waals surface area contributed by atoms with Gasteiger partial charge in [-0.3, -0.25) is 9.59 Å². The van der Waals surface area contributed by atoms with Crippen molar-refractivity contribution in [1.29, 1.82) is 0 Å². The van der Waals surface area contributed by atoms with E-state index in [2.05, 4.69) is 6.92 Å². The number of carbonyl (C=O) groups excluding carboxylic acids is 1. The van der Waals surface area contributed by atoms with E-state index in [-0.39, 0.29) is 25.2 Å². The highest BCUT2D eigenvalue weighted by Gasteiger charge is 2.37. The first-order valence-corrected chi connectivity index (χ1v) is 5.96. The van der Waals surface area contributed by atoms with Crippen LogP contribution in [-0.4, -0.2) is 42.1 Å². The third-order valence-electron chi connectivity index (χ3n) is 2.58. The molecule has 102 valence electrons. The van der Waals surface area contributed by atoms with E-state index in [9.17, 15) is 9.59 Å². The minimum absolute atomic E-state index is 0.0548. The summed E-state index contributed by atoms with van der Waals surface area (Å²) in [6, 6.07) is 0. The van der Waals surface area contributed by atoms with Gasteiger partial charge in [-0.05, 0) is 0 Å². The van der Waals surface area contributed by atoms with Gasteiger partial charge < -0.3 is 19.3 Å². The zero-order valence-electron chi connectivity index (χ0n) is 10.5. The molecule has 1 unspecified atom stereocenters. The van der Waals surface area contributed by atoms with Gasteiger partial charge in [0.25, 0.3) is 0 Å². The molecule has 0 spiro atoms. The first-order chi connectivity index (χ1) is 8.43. The third-order valence-corrected chi connectivity index (χ3v) is 2.58. The summed E-state index contributed by atoms with van der Waals surface area (Å²) in [5.74, 6) is -2.25. The Morgan fingerprint density at radius 3 is 2.39 bits per heavy atom. The van der Waals surface area contributed by atoms with Crippen molar-refractivity contribution >= 4 is 11.9 Å². The molecule has 0 aliphatic carbocycles. The number of hydrogen-bond donors (Lipinski definition) is 1. The maximum Gasteiger partial charge on any atom is 0.309 e. The SMILES string of the molecule is [CH2+]C(C)OC(=O)CCC1(CCC(=O)O)OCCO1. The Morgan fingerprint density at radius 2 is 1.89 bits per heavy atom. The first-order valence-electron chi connectivity index (χ1n) is 5.96. The van der Waals surface area contributed by atoms with E-state index >= 15 is 0 Å². The summed E-state index contributed by atoms with van der Waals surface area (Å²) in [6.07, 6.45) is 0.194. The van der Waals surface area contributed by atoms with Gasteiger partial charge in [0.15, 0.2) is 5.79 Å². The van der Waals surface area contributed by atoms with Crippen LogP contribution in [0.3, 0.4) is 0 Å². The molecule has 0 radical (unpaired) electrons. The molecule has 1 aliphatic rings. The summed E-state index contributed by atoms with van der Waals surface area (Å²) in [5.41, 5.74) is 0. The van der Waals surface area contributed by atoms with Crippen molar-refractivity contribution in [2.45, 2.75) is 44.5 Å². The fraction of sp³-hybridized carbons (Fsp3) is 0.750. The number of hydrogen-bond acceptors (Lipinski definition) is 5.